The number of nitrogens with two attached hydrogens (primary N) is 1. The molecular weight excluding hydrogens is 324 g/mol. The summed E-state index contributed by atoms with van der Waals surface area (Å²) in [6, 6.07) is 5.52. The molecule has 0 unspecified atom stereocenters. The molecule has 0 atom stereocenters. The third kappa shape index (κ3) is 3.33. The Kier molecular flexibility index (Phi) is 4.43. The van der Waals surface area contributed by atoms with Crippen LogP contribution in [0.25, 0.3) is 0 Å². The molecule has 2 fully saturated rings. The Labute approximate surface area is 144 Å². The van der Waals surface area contributed by atoms with Gasteiger partial charge in [-0.3, -0.25) is 19.3 Å². The van der Waals surface area contributed by atoms with Gasteiger partial charge in [-0.25, -0.2) is 4.79 Å². The molecule has 132 valence electrons. The molecule has 25 heavy (non-hydrogen) atoms. The highest BCUT2D eigenvalue weighted by atomic mass is 16.2. The summed E-state index contributed by atoms with van der Waals surface area (Å²) in [5, 5.41) is 5.37. The van der Waals surface area contributed by atoms with Crippen LogP contribution < -0.4 is 16.4 Å². The maximum Gasteiger partial charge on any atom is 0.325 e. The fourth-order valence-electron chi connectivity index (χ4n) is 3.38. The molecule has 4 N–H and O–H groups in total. The van der Waals surface area contributed by atoms with E-state index in [0.717, 1.165) is 24.2 Å². The van der Waals surface area contributed by atoms with Gasteiger partial charge in [-0.2, -0.15) is 0 Å². The van der Waals surface area contributed by atoms with E-state index in [0.29, 0.717) is 24.1 Å². The number of nitrogens with one attached hydrogen (secondary N) is 2. The molecule has 1 aliphatic carbocycles. The van der Waals surface area contributed by atoms with E-state index in [9.17, 15) is 19.2 Å². The Hall–Kier alpha value is -2.90. The van der Waals surface area contributed by atoms with E-state index in [2.05, 4.69) is 10.6 Å². The van der Waals surface area contributed by atoms with Gasteiger partial charge in [0.2, 0.25) is 11.8 Å². The number of hydrogen-bond acceptors (Lipinski definition) is 4. The number of primary amides is 1. The molecule has 0 radical (unpaired) electrons. The molecule has 8 nitrogen and oxygen atoms in total. The zero-order valence-electron chi connectivity index (χ0n) is 13.7. The van der Waals surface area contributed by atoms with Gasteiger partial charge in [0.25, 0.3) is 5.91 Å². The zero-order valence-corrected chi connectivity index (χ0v) is 13.7. The number of nitrogens with zero attached hydrogens (tertiary/aromatic N) is 1. The first kappa shape index (κ1) is 16.9. The third-order valence-corrected chi connectivity index (χ3v) is 4.71. The average molecular weight is 344 g/mol. The lowest BCUT2D eigenvalue weighted by Crippen LogP contribution is -2.48. The number of carbonyl (C=O) groups excluding carboxylic acids is 4. The minimum absolute atomic E-state index is 0.323. The minimum atomic E-state index is -0.835. The van der Waals surface area contributed by atoms with Crippen LogP contribution in [0.5, 0.6) is 0 Å². The smallest absolute Gasteiger partial charge is 0.325 e. The summed E-state index contributed by atoms with van der Waals surface area (Å²) in [5.74, 6) is -1.37. The van der Waals surface area contributed by atoms with Gasteiger partial charge < -0.3 is 16.4 Å². The van der Waals surface area contributed by atoms with Crippen LogP contribution in [0.15, 0.2) is 24.3 Å². The Bertz CT molecular complexity index is 723. The van der Waals surface area contributed by atoms with E-state index in [4.69, 9.17) is 5.73 Å². The molecule has 1 aliphatic heterocycles. The average Bonchev–Trinajstić information content (AvgIpc) is 2.80. The van der Waals surface area contributed by atoms with E-state index < -0.39 is 23.4 Å². The van der Waals surface area contributed by atoms with Crippen LogP contribution in [-0.4, -0.2) is 40.7 Å². The van der Waals surface area contributed by atoms with Gasteiger partial charge in [0.15, 0.2) is 0 Å². The molecule has 1 aromatic rings. The molecule has 1 aromatic carbocycles. The quantitative estimate of drug-likeness (QED) is 0.705. The second-order valence-corrected chi connectivity index (χ2v) is 6.45. The third-order valence-electron chi connectivity index (χ3n) is 4.71. The molecule has 0 aromatic heterocycles. The lowest BCUT2D eigenvalue weighted by molar-refractivity contribution is -0.134. The van der Waals surface area contributed by atoms with Gasteiger partial charge in [0, 0.05) is 11.3 Å². The normalized spacial score (nSPS) is 19.0. The van der Waals surface area contributed by atoms with Gasteiger partial charge in [-0.05, 0) is 37.1 Å². The van der Waals surface area contributed by atoms with Crippen molar-refractivity contribution in [1.29, 1.82) is 0 Å². The van der Waals surface area contributed by atoms with Crippen molar-refractivity contribution in [3.8, 4) is 0 Å². The highest BCUT2D eigenvalue weighted by molar-refractivity contribution is 6.10. The van der Waals surface area contributed by atoms with Crippen LogP contribution in [0.4, 0.5) is 10.5 Å². The van der Waals surface area contributed by atoms with Gasteiger partial charge in [0.05, 0.1) is 0 Å². The molecule has 5 amide bonds. The first-order chi connectivity index (χ1) is 11.9. The number of amides is 5. The molecule has 3 rings (SSSR count). The number of carbonyl (C=O) groups is 4. The molecule has 1 saturated carbocycles. The molecule has 0 bridgehead atoms. The topological polar surface area (TPSA) is 122 Å². The largest absolute Gasteiger partial charge is 0.366 e. The van der Waals surface area contributed by atoms with Crippen molar-refractivity contribution in [2.75, 3.05) is 11.9 Å². The number of urea groups is 1. The summed E-state index contributed by atoms with van der Waals surface area (Å²) in [5.41, 5.74) is 5.10. The molecule has 8 heteroatoms. The lowest BCUT2D eigenvalue weighted by Gasteiger charge is -2.30. The predicted octanol–water partition coefficient (Wildman–Crippen LogP) is 0.979. The fourth-order valence-corrected chi connectivity index (χ4v) is 3.38. The summed E-state index contributed by atoms with van der Waals surface area (Å²) in [6.07, 6.45) is 4.05. The van der Waals surface area contributed by atoms with Crippen LogP contribution in [0.1, 0.15) is 42.5 Å². The highest BCUT2D eigenvalue weighted by Crippen LogP contribution is 2.33. The summed E-state index contributed by atoms with van der Waals surface area (Å²) < 4.78 is 0. The van der Waals surface area contributed by atoms with Gasteiger partial charge in [0.1, 0.15) is 12.1 Å². The Balaban J connectivity index is 1.63. The van der Waals surface area contributed by atoms with Gasteiger partial charge >= 0.3 is 6.03 Å². The van der Waals surface area contributed by atoms with E-state index in [-0.39, 0.29) is 12.5 Å². The highest BCUT2D eigenvalue weighted by Gasteiger charge is 2.51. The lowest BCUT2D eigenvalue weighted by atomic mass is 9.82. The van der Waals surface area contributed by atoms with Crippen molar-refractivity contribution in [2.24, 2.45) is 5.73 Å². The Morgan fingerprint density at radius 1 is 1.12 bits per heavy atom. The van der Waals surface area contributed by atoms with Crippen molar-refractivity contribution >= 4 is 29.4 Å². The van der Waals surface area contributed by atoms with Crippen molar-refractivity contribution in [3.63, 3.8) is 0 Å². The molecular formula is C17H20N4O4. The van der Waals surface area contributed by atoms with Crippen molar-refractivity contribution in [1.82, 2.24) is 10.2 Å². The van der Waals surface area contributed by atoms with Gasteiger partial charge in [-0.1, -0.05) is 19.3 Å². The van der Waals surface area contributed by atoms with E-state index >= 15 is 0 Å². The fraction of sp³-hybridized carbons (Fsp3) is 0.412. The van der Waals surface area contributed by atoms with E-state index in [1.807, 2.05) is 0 Å². The second kappa shape index (κ2) is 6.54. The number of rotatable bonds is 4. The number of imide groups is 1. The number of benzene rings is 1. The van der Waals surface area contributed by atoms with E-state index in [1.165, 1.54) is 24.3 Å². The summed E-state index contributed by atoms with van der Waals surface area (Å²) >= 11 is 0. The monoisotopic (exact) mass is 344 g/mol. The molecule has 1 saturated heterocycles. The van der Waals surface area contributed by atoms with Crippen LogP contribution in [0.3, 0.4) is 0 Å². The second-order valence-electron chi connectivity index (χ2n) is 6.45. The summed E-state index contributed by atoms with van der Waals surface area (Å²) in [6.45, 7) is -0.343. The number of hydrogen-bond donors (Lipinski definition) is 3. The Morgan fingerprint density at radius 3 is 2.36 bits per heavy atom. The van der Waals surface area contributed by atoms with Crippen molar-refractivity contribution in [3.05, 3.63) is 29.8 Å². The van der Waals surface area contributed by atoms with Crippen LogP contribution in [0, 0.1) is 0 Å². The van der Waals surface area contributed by atoms with Gasteiger partial charge in [-0.15, -0.1) is 0 Å². The maximum atomic E-state index is 12.6. The number of anilines is 1. The first-order valence-electron chi connectivity index (χ1n) is 8.25. The maximum absolute atomic E-state index is 12.6. The van der Waals surface area contributed by atoms with Crippen molar-refractivity contribution in [2.45, 2.75) is 37.6 Å². The SMILES string of the molecule is NC(=O)c1ccc(NC(=O)CN2C(=O)NC3(CCCCC3)C2=O)cc1. The molecule has 1 spiro atoms. The van der Waals surface area contributed by atoms with Crippen molar-refractivity contribution < 1.29 is 19.2 Å². The minimum Gasteiger partial charge on any atom is -0.366 e. The standard InChI is InChI=1S/C17H20N4O4/c18-14(23)11-4-6-12(7-5-11)19-13(22)10-21-15(24)17(20-16(21)25)8-2-1-3-9-17/h4-7H,1-3,8-10H2,(H2,18,23)(H,19,22)(H,20,25). The Morgan fingerprint density at radius 2 is 1.76 bits per heavy atom. The van der Waals surface area contributed by atoms with Crippen LogP contribution in [0.2, 0.25) is 0 Å². The molecule has 1 heterocycles. The predicted molar refractivity (Wildman–Crippen MR) is 89.7 cm³/mol. The first-order valence-corrected chi connectivity index (χ1v) is 8.25. The molecule has 2 aliphatic rings. The zero-order chi connectivity index (χ0) is 18.0. The van der Waals surface area contributed by atoms with E-state index in [1.54, 1.807) is 0 Å². The summed E-state index contributed by atoms with van der Waals surface area (Å²) in [7, 11) is 0. The van der Waals surface area contributed by atoms with Crippen LogP contribution in [-0.2, 0) is 9.59 Å². The van der Waals surface area contributed by atoms with Crippen LogP contribution >= 0.6 is 0 Å². The summed E-state index contributed by atoms with van der Waals surface area (Å²) in [4.78, 5) is 48.9.